The third-order valence-electron chi connectivity index (χ3n) is 7.24. The number of unbranched alkanes of at least 4 members (excludes halogenated alkanes) is 1. The molecule has 4 nitrogen and oxygen atoms in total. The fourth-order valence-corrected chi connectivity index (χ4v) is 6.48. The number of nitrogens with zero attached hydrogens (tertiary/aromatic N) is 2. The van der Waals surface area contributed by atoms with E-state index in [1.807, 2.05) is 102 Å². The number of aromatic nitrogens is 2. The van der Waals surface area contributed by atoms with Gasteiger partial charge in [0.1, 0.15) is 5.82 Å². The number of hydrogen-bond acceptors (Lipinski definition) is 3. The maximum Gasteiger partial charge on any atom is 0.333 e. The van der Waals surface area contributed by atoms with Crippen LogP contribution in [0.25, 0.3) is 6.08 Å². The number of carboxylic acids is 1. The highest BCUT2D eigenvalue weighted by Crippen LogP contribution is 2.47. The van der Waals surface area contributed by atoms with Gasteiger partial charge in [-0.05, 0) is 46.7 Å². The van der Waals surface area contributed by atoms with Gasteiger partial charge in [-0.2, -0.15) is 0 Å². The number of hydrogen-bond donors (Lipinski definition) is 1. The molecule has 202 valence electrons. The first-order chi connectivity index (χ1) is 19.6. The van der Waals surface area contributed by atoms with E-state index in [9.17, 15) is 9.90 Å². The molecule has 2 aromatic heterocycles. The van der Waals surface area contributed by atoms with Crippen LogP contribution in [0.1, 0.15) is 52.9 Å². The summed E-state index contributed by atoms with van der Waals surface area (Å²) >= 11 is 8.12. The van der Waals surface area contributed by atoms with E-state index in [1.165, 1.54) is 0 Å². The van der Waals surface area contributed by atoms with Crippen LogP contribution in [0.4, 0.5) is 0 Å². The molecule has 0 unspecified atom stereocenters. The maximum atomic E-state index is 13.4. The van der Waals surface area contributed by atoms with E-state index in [4.69, 9.17) is 16.6 Å². The minimum Gasteiger partial charge on any atom is -0.478 e. The van der Waals surface area contributed by atoms with Crippen molar-refractivity contribution < 1.29 is 9.90 Å². The molecule has 2 heterocycles. The highest BCUT2D eigenvalue weighted by atomic mass is 35.5. The summed E-state index contributed by atoms with van der Waals surface area (Å²) in [7, 11) is 0. The number of thiophene rings is 1. The van der Waals surface area contributed by atoms with Crippen molar-refractivity contribution in [1.29, 1.82) is 0 Å². The summed E-state index contributed by atoms with van der Waals surface area (Å²) in [6, 6.07) is 31.6. The lowest BCUT2D eigenvalue weighted by Crippen LogP contribution is -2.34. The minimum atomic E-state index is -1.04. The van der Waals surface area contributed by atoms with Crippen LogP contribution in [-0.4, -0.2) is 20.6 Å². The second kappa shape index (κ2) is 12.5. The van der Waals surface area contributed by atoms with Crippen LogP contribution in [0.3, 0.4) is 0 Å². The fraction of sp³-hybridized carbons (Fsp3) is 0.176. The number of aliphatic carboxylic acids is 1. The lowest BCUT2D eigenvalue weighted by atomic mass is 9.67. The third-order valence-corrected chi connectivity index (χ3v) is 8.60. The molecule has 0 spiro atoms. The molecule has 0 saturated carbocycles. The van der Waals surface area contributed by atoms with Crippen molar-refractivity contribution >= 4 is 35.0 Å². The molecule has 0 bridgehead atoms. The van der Waals surface area contributed by atoms with Crippen molar-refractivity contribution in [2.24, 2.45) is 0 Å². The van der Waals surface area contributed by atoms with Gasteiger partial charge < -0.3 is 9.67 Å². The van der Waals surface area contributed by atoms with E-state index in [0.29, 0.717) is 11.6 Å². The van der Waals surface area contributed by atoms with Gasteiger partial charge in [-0.3, -0.25) is 0 Å². The molecule has 40 heavy (non-hydrogen) atoms. The quantitative estimate of drug-likeness (QED) is 0.163. The van der Waals surface area contributed by atoms with Gasteiger partial charge >= 0.3 is 5.97 Å². The Balaban J connectivity index is 1.79. The van der Waals surface area contributed by atoms with Crippen molar-refractivity contribution in [3.63, 3.8) is 0 Å². The minimum absolute atomic E-state index is 0.259. The average molecular weight is 567 g/mol. The predicted octanol–water partition coefficient (Wildman–Crippen LogP) is 8.49. The summed E-state index contributed by atoms with van der Waals surface area (Å²) in [4.78, 5) is 19.1. The van der Waals surface area contributed by atoms with Crippen LogP contribution < -0.4 is 0 Å². The molecule has 0 atom stereocenters. The van der Waals surface area contributed by atoms with Gasteiger partial charge in [0.2, 0.25) is 0 Å². The number of rotatable bonds is 11. The van der Waals surface area contributed by atoms with Gasteiger partial charge in [0, 0.05) is 16.3 Å². The van der Waals surface area contributed by atoms with Gasteiger partial charge in [0.15, 0.2) is 0 Å². The molecule has 1 N–H and O–H groups in total. The zero-order chi connectivity index (χ0) is 28.0. The zero-order valence-electron chi connectivity index (χ0n) is 22.3. The van der Waals surface area contributed by atoms with Gasteiger partial charge in [0.05, 0.1) is 29.4 Å². The monoisotopic (exact) mass is 566 g/mol. The third kappa shape index (κ3) is 5.40. The van der Waals surface area contributed by atoms with E-state index >= 15 is 0 Å². The Labute approximate surface area is 244 Å². The summed E-state index contributed by atoms with van der Waals surface area (Å²) in [6.45, 7) is 2.65. The normalized spacial score (nSPS) is 12.0. The molecular formula is C34H31ClN2O2S. The van der Waals surface area contributed by atoms with Crippen molar-refractivity contribution in [3.8, 4) is 0 Å². The number of benzene rings is 3. The standard InChI is InChI=1S/C34H31ClN2O2S/c1-2-3-20-32-36-23-28(37(32)24-25-13-10-11-18-30(25)35)22-29(33(38)39)34(31-19-12-21-40-31,26-14-6-4-7-15-26)27-16-8-5-9-17-27/h4-19,21-23H,2-3,20,24H2,1H3,(H,38,39). The Kier molecular flexibility index (Phi) is 8.63. The second-order valence-electron chi connectivity index (χ2n) is 9.70. The molecule has 0 aliphatic carbocycles. The molecule has 3 aromatic carbocycles. The first kappa shape index (κ1) is 27.6. The van der Waals surface area contributed by atoms with E-state index in [-0.39, 0.29) is 5.57 Å². The van der Waals surface area contributed by atoms with Gasteiger partial charge in [-0.25, -0.2) is 9.78 Å². The van der Waals surface area contributed by atoms with Crippen LogP contribution in [0.5, 0.6) is 0 Å². The molecule has 0 aliphatic rings. The number of carbonyl (C=O) groups is 1. The Morgan fingerprint density at radius 3 is 2.17 bits per heavy atom. The molecule has 0 saturated heterocycles. The SMILES string of the molecule is CCCCc1ncc(C=C(C(=O)O)C(c2ccccc2)(c2ccccc2)c2cccs2)n1Cc1ccccc1Cl. The van der Waals surface area contributed by atoms with Gasteiger partial charge in [-0.1, -0.05) is 110 Å². The lowest BCUT2D eigenvalue weighted by Gasteiger charge is -2.35. The van der Waals surface area contributed by atoms with Crippen LogP contribution >= 0.6 is 22.9 Å². The predicted molar refractivity (Wildman–Crippen MR) is 164 cm³/mol. The number of aryl methyl sites for hydroxylation is 1. The largest absolute Gasteiger partial charge is 0.478 e. The second-order valence-corrected chi connectivity index (χ2v) is 11.1. The molecule has 0 radical (unpaired) electrons. The Morgan fingerprint density at radius 2 is 1.60 bits per heavy atom. The van der Waals surface area contributed by atoms with E-state index in [2.05, 4.69) is 11.5 Å². The number of halogens is 1. The molecule has 5 aromatic rings. The van der Waals surface area contributed by atoms with Crippen LogP contribution in [-0.2, 0) is 23.2 Å². The van der Waals surface area contributed by atoms with Crippen molar-refractivity contribution in [3.05, 3.63) is 152 Å². The summed E-state index contributed by atoms with van der Waals surface area (Å²) in [5, 5.41) is 13.6. The van der Waals surface area contributed by atoms with Gasteiger partial charge in [0.25, 0.3) is 0 Å². The molecule has 5 rings (SSSR count). The van der Waals surface area contributed by atoms with Crippen LogP contribution in [0.15, 0.2) is 114 Å². The molecule has 6 heteroatoms. The van der Waals surface area contributed by atoms with Crippen LogP contribution in [0, 0.1) is 0 Å². The van der Waals surface area contributed by atoms with E-state index in [0.717, 1.165) is 52.3 Å². The van der Waals surface area contributed by atoms with Crippen molar-refractivity contribution in [1.82, 2.24) is 9.55 Å². The summed E-state index contributed by atoms with van der Waals surface area (Å²) in [5.74, 6) is -0.0689. The zero-order valence-corrected chi connectivity index (χ0v) is 23.9. The van der Waals surface area contributed by atoms with E-state index in [1.54, 1.807) is 23.6 Å². The van der Waals surface area contributed by atoms with Crippen molar-refractivity contribution in [2.75, 3.05) is 0 Å². The highest BCUT2D eigenvalue weighted by molar-refractivity contribution is 7.10. The lowest BCUT2D eigenvalue weighted by molar-refractivity contribution is -0.133. The Hall–Kier alpha value is -3.93. The number of imidazole rings is 1. The molecular weight excluding hydrogens is 536 g/mol. The maximum absolute atomic E-state index is 13.4. The smallest absolute Gasteiger partial charge is 0.333 e. The fourth-order valence-electron chi connectivity index (χ4n) is 5.30. The number of carboxylic acid groups (broad SMARTS) is 1. The van der Waals surface area contributed by atoms with Crippen LogP contribution in [0.2, 0.25) is 5.02 Å². The average Bonchev–Trinajstić information content (AvgIpc) is 3.65. The van der Waals surface area contributed by atoms with Crippen molar-refractivity contribution in [2.45, 2.75) is 38.1 Å². The summed E-state index contributed by atoms with van der Waals surface area (Å²) in [6.07, 6.45) is 6.42. The Morgan fingerprint density at radius 1 is 0.950 bits per heavy atom. The first-order valence-corrected chi connectivity index (χ1v) is 14.7. The molecule has 0 aliphatic heterocycles. The first-order valence-electron chi connectivity index (χ1n) is 13.4. The summed E-state index contributed by atoms with van der Waals surface area (Å²) in [5.41, 5.74) is 2.69. The summed E-state index contributed by atoms with van der Waals surface area (Å²) < 4.78 is 2.11. The topological polar surface area (TPSA) is 55.1 Å². The highest BCUT2D eigenvalue weighted by Gasteiger charge is 2.44. The van der Waals surface area contributed by atoms with E-state index < -0.39 is 11.4 Å². The molecule has 0 fully saturated rings. The van der Waals surface area contributed by atoms with Gasteiger partial charge in [-0.15, -0.1) is 11.3 Å². The Bertz CT molecular complexity index is 1550. The molecule has 0 amide bonds.